The zero-order chi connectivity index (χ0) is 16.3. The van der Waals surface area contributed by atoms with Crippen LogP contribution in [0.2, 0.25) is 0 Å². The molecular formula is C13H22O7S. The van der Waals surface area contributed by atoms with E-state index in [1.807, 2.05) is 0 Å². The molecule has 0 saturated carbocycles. The van der Waals surface area contributed by atoms with Crippen LogP contribution in [0.5, 0.6) is 0 Å². The van der Waals surface area contributed by atoms with Gasteiger partial charge in [-0.25, -0.2) is 4.18 Å². The molecule has 8 heteroatoms. The normalized spacial score (nSPS) is 11.3. The lowest BCUT2D eigenvalue weighted by Gasteiger charge is -2.03. The molecule has 0 aliphatic carbocycles. The number of carbonyl (C=O) groups is 3. The molecule has 0 saturated heterocycles. The summed E-state index contributed by atoms with van der Waals surface area (Å²) in [4.78, 5) is 33.6. The first-order chi connectivity index (χ1) is 9.76. The maximum absolute atomic E-state index is 11.5. The van der Waals surface area contributed by atoms with Gasteiger partial charge in [0, 0.05) is 32.1 Å². The molecule has 7 nitrogen and oxygen atoms in total. The SMILES string of the molecule is COS(=O)(=O)OCCCC(=O)CCC(=O)CCCC(C)=O. The molecule has 0 radical (unpaired) electrons. The molecule has 0 atom stereocenters. The second-order valence-electron chi connectivity index (χ2n) is 4.63. The lowest BCUT2D eigenvalue weighted by Crippen LogP contribution is -2.10. The Kier molecular flexibility index (Phi) is 10.0. The number of rotatable bonds is 13. The van der Waals surface area contributed by atoms with Gasteiger partial charge in [-0.15, -0.1) is 0 Å². The zero-order valence-corrected chi connectivity index (χ0v) is 13.2. The molecule has 21 heavy (non-hydrogen) atoms. The molecule has 0 fully saturated rings. The van der Waals surface area contributed by atoms with Crippen molar-refractivity contribution >= 4 is 27.7 Å². The molecule has 0 amide bonds. The summed E-state index contributed by atoms with van der Waals surface area (Å²) in [5.41, 5.74) is 0. The molecule has 0 aromatic carbocycles. The second kappa shape index (κ2) is 10.6. The van der Waals surface area contributed by atoms with Crippen LogP contribution in [-0.4, -0.2) is 39.5 Å². The van der Waals surface area contributed by atoms with Crippen LogP contribution >= 0.6 is 0 Å². The molecule has 0 N–H and O–H groups in total. The van der Waals surface area contributed by atoms with Gasteiger partial charge < -0.3 is 4.79 Å². The van der Waals surface area contributed by atoms with Crippen LogP contribution in [0.1, 0.15) is 51.9 Å². The Morgan fingerprint density at radius 3 is 1.86 bits per heavy atom. The quantitative estimate of drug-likeness (QED) is 0.471. The molecule has 0 heterocycles. The van der Waals surface area contributed by atoms with Crippen molar-refractivity contribution < 1.29 is 31.2 Å². The van der Waals surface area contributed by atoms with Crippen LogP contribution in [-0.2, 0) is 33.1 Å². The van der Waals surface area contributed by atoms with E-state index in [4.69, 9.17) is 0 Å². The van der Waals surface area contributed by atoms with Crippen molar-refractivity contribution in [3.05, 3.63) is 0 Å². The molecule has 0 aromatic heterocycles. The van der Waals surface area contributed by atoms with Gasteiger partial charge in [0.25, 0.3) is 0 Å². The van der Waals surface area contributed by atoms with Crippen LogP contribution < -0.4 is 0 Å². The molecule has 0 bridgehead atoms. The van der Waals surface area contributed by atoms with Gasteiger partial charge in [0.1, 0.15) is 17.3 Å². The maximum Gasteiger partial charge on any atom is 0.399 e. The standard InChI is InChI=1S/C13H22O7S/c1-11(14)5-3-6-12(15)8-9-13(16)7-4-10-20-21(17,18)19-2/h3-10H2,1-2H3. The zero-order valence-electron chi connectivity index (χ0n) is 12.4. The molecule has 0 aliphatic heterocycles. The van der Waals surface area contributed by atoms with Crippen molar-refractivity contribution in [3.63, 3.8) is 0 Å². The summed E-state index contributed by atoms with van der Waals surface area (Å²) in [6.45, 7) is 1.34. The summed E-state index contributed by atoms with van der Waals surface area (Å²) in [7, 11) is -2.97. The third-order valence-electron chi connectivity index (χ3n) is 2.70. The van der Waals surface area contributed by atoms with E-state index in [9.17, 15) is 22.8 Å². The van der Waals surface area contributed by atoms with Gasteiger partial charge in [-0.3, -0.25) is 13.8 Å². The average Bonchev–Trinajstić information content (AvgIpc) is 2.41. The molecule has 0 aliphatic rings. The fourth-order valence-electron chi connectivity index (χ4n) is 1.54. The van der Waals surface area contributed by atoms with Crippen LogP contribution in [0.25, 0.3) is 0 Å². The van der Waals surface area contributed by atoms with E-state index < -0.39 is 10.4 Å². The largest absolute Gasteiger partial charge is 0.399 e. The van der Waals surface area contributed by atoms with Gasteiger partial charge in [-0.05, 0) is 19.8 Å². The topological polar surface area (TPSA) is 104 Å². The van der Waals surface area contributed by atoms with E-state index in [1.54, 1.807) is 0 Å². The minimum absolute atomic E-state index is 0.0391. The number of carbonyl (C=O) groups excluding carboxylic acids is 3. The van der Waals surface area contributed by atoms with Crippen molar-refractivity contribution in [2.75, 3.05) is 13.7 Å². The minimum atomic E-state index is -3.95. The maximum atomic E-state index is 11.5. The van der Waals surface area contributed by atoms with Crippen molar-refractivity contribution in [1.82, 2.24) is 0 Å². The van der Waals surface area contributed by atoms with E-state index in [0.717, 1.165) is 7.11 Å². The lowest BCUT2D eigenvalue weighted by molar-refractivity contribution is -0.124. The minimum Gasteiger partial charge on any atom is -0.300 e. The molecule has 122 valence electrons. The van der Waals surface area contributed by atoms with Crippen molar-refractivity contribution in [2.24, 2.45) is 0 Å². The van der Waals surface area contributed by atoms with Gasteiger partial charge >= 0.3 is 10.4 Å². The van der Waals surface area contributed by atoms with Crippen molar-refractivity contribution in [2.45, 2.75) is 51.9 Å². The van der Waals surface area contributed by atoms with Crippen LogP contribution in [0.4, 0.5) is 0 Å². The van der Waals surface area contributed by atoms with Crippen molar-refractivity contribution in [3.8, 4) is 0 Å². The first-order valence-electron chi connectivity index (χ1n) is 6.74. The Labute approximate surface area is 125 Å². The van der Waals surface area contributed by atoms with E-state index in [-0.39, 0.29) is 49.6 Å². The monoisotopic (exact) mass is 322 g/mol. The van der Waals surface area contributed by atoms with Gasteiger partial charge in [0.05, 0.1) is 13.7 Å². The van der Waals surface area contributed by atoms with E-state index >= 15 is 0 Å². The highest BCUT2D eigenvalue weighted by atomic mass is 32.3. The summed E-state index contributed by atoms with van der Waals surface area (Å²) < 4.78 is 30.1. The van der Waals surface area contributed by atoms with Crippen molar-refractivity contribution in [1.29, 1.82) is 0 Å². The highest BCUT2D eigenvalue weighted by Crippen LogP contribution is 2.06. The number of ketones is 3. The van der Waals surface area contributed by atoms with E-state index in [2.05, 4.69) is 8.37 Å². The first kappa shape index (κ1) is 19.9. The summed E-state index contributed by atoms with van der Waals surface area (Å²) >= 11 is 0. The summed E-state index contributed by atoms with van der Waals surface area (Å²) in [6.07, 6.45) is 1.90. The van der Waals surface area contributed by atoms with E-state index in [1.165, 1.54) is 6.92 Å². The molecule has 0 aromatic rings. The van der Waals surface area contributed by atoms with Gasteiger partial charge in [0.15, 0.2) is 0 Å². The molecule has 0 unspecified atom stereocenters. The van der Waals surface area contributed by atoms with Crippen LogP contribution in [0, 0.1) is 0 Å². The third-order valence-corrected chi connectivity index (χ3v) is 3.56. The Bertz CT molecular complexity index is 453. The fraction of sp³-hybridized carbons (Fsp3) is 0.769. The predicted octanol–water partition coefficient (Wildman–Crippen LogP) is 1.35. The Morgan fingerprint density at radius 2 is 1.38 bits per heavy atom. The highest BCUT2D eigenvalue weighted by Gasteiger charge is 2.10. The predicted molar refractivity (Wildman–Crippen MR) is 74.9 cm³/mol. The van der Waals surface area contributed by atoms with Crippen LogP contribution in [0.15, 0.2) is 0 Å². The number of Topliss-reactive ketones (excluding diaryl/α,β-unsaturated/α-hetero) is 3. The summed E-state index contributed by atoms with van der Waals surface area (Å²) in [6, 6.07) is 0. The first-order valence-corrected chi connectivity index (χ1v) is 8.08. The summed E-state index contributed by atoms with van der Waals surface area (Å²) in [5.74, 6) is -0.110. The highest BCUT2D eigenvalue weighted by molar-refractivity contribution is 7.81. The smallest absolute Gasteiger partial charge is 0.300 e. The Balaban J connectivity index is 3.67. The summed E-state index contributed by atoms with van der Waals surface area (Å²) in [5, 5.41) is 0. The fourth-order valence-corrected chi connectivity index (χ4v) is 1.96. The van der Waals surface area contributed by atoms with Gasteiger partial charge in [-0.1, -0.05) is 0 Å². The average molecular weight is 322 g/mol. The Morgan fingerprint density at radius 1 is 0.857 bits per heavy atom. The van der Waals surface area contributed by atoms with E-state index in [0.29, 0.717) is 19.3 Å². The molecule has 0 rings (SSSR count). The van der Waals surface area contributed by atoms with Gasteiger partial charge in [-0.2, -0.15) is 8.42 Å². The molecular weight excluding hydrogens is 300 g/mol. The second-order valence-corrected chi connectivity index (χ2v) is 6.02. The molecule has 0 spiro atoms. The Hall–Kier alpha value is -1.12. The third kappa shape index (κ3) is 12.3. The number of hydrogen-bond acceptors (Lipinski definition) is 7. The van der Waals surface area contributed by atoms with Crippen LogP contribution in [0.3, 0.4) is 0 Å². The van der Waals surface area contributed by atoms with Gasteiger partial charge in [0.2, 0.25) is 0 Å². The lowest BCUT2D eigenvalue weighted by atomic mass is 10.0. The number of hydrogen-bond donors (Lipinski definition) is 0.